The van der Waals surface area contributed by atoms with Gasteiger partial charge in [0.1, 0.15) is 17.8 Å². The van der Waals surface area contributed by atoms with Gasteiger partial charge in [-0.1, -0.05) is 32.9 Å². The van der Waals surface area contributed by atoms with Crippen LogP contribution in [0.1, 0.15) is 26.7 Å². The fourth-order valence-electron chi connectivity index (χ4n) is 1.41. The third-order valence-corrected chi connectivity index (χ3v) is 2.30. The predicted molar refractivity (Wildman–Crippen MR) is 60.6 cm³/mol. The summed E-state index contributed by atoms with van der Waals surface area (Å²) in [7, 11) is 0. The number of hydrogen-bond donors (Lipinski definition) is 0. The van der Waals surface area contributed by atoms with Crippen molar-refractivity contribution in [1.29, 1.82) is 0 Å². The molecule has 3 heteroatoms. The maximum Gasteiger partial charge on any atom is 0.199 e. The summed E-state index contributed by atoms with van der Waals surface area (Å²) in [5, 5.41) is 0. The zero-order chi connectivity index (χ0) is 11.8. The third kappa shape index (κ3) is 1.98. The molecule has 0 aliphatic carbocycles. The summed E-state index contributed by atoms with van der Waals surface area (Å²) >= 11 is 0. The molecule has 0 aliphatic heterocycles. The Kier molecular flexibility index (Phi) is 2.54. The molecule has 0 fully saturated rings. The standard InChI is InChI=1S/C13H14FNO/c1-13(2,3)12-15-11(8-16-12)9-6-4-5-7-10(9)14/h4-8H,1-3H3. The van der Waals surface area contributed by atoms with Crippen molar-refractivity contribution in [2.75, 3.05) is 0 Å². The second-order valence-corrected chi connectivity index (χ2v) is 4.77. The molecule has 16 heavy (non-hydrogen) atoms. The fraction of sp³-hybridized carbons (Fsp3) is 0.308. The highest BCUT2D eigenvalue weighted by molar-refractivity contribution is 5.58. The van der Waals surface area contributed by atoms with Crippen molar-refractivity contribution in [2.45, 2.75) is 26.2 Å². The average Bonchev–Trinajstić information content (AvgIpc) is 2.66. The van der Waals surface area contributed by atoms with Gasteiger partial charge in [-0.25, -0.2) is 9.37 Å². The third-order valence-electron chi connectivity index (χ3n) is 2.30. The minimum atomic E-state index is -0.281. The van der Waals surface area contributed by atoms with E-state index in [1.54, 1.807) is 18.2 Å². The molecule has 2 aromatic rings. The van der Waals surface area contributed by atoms with Crippen LogP contribution in [0.25, 0.3) is 11.3 Å². The number of rotatable bonds is 1. The molecule has 0 radical (unpaired) electrons. The summed E-state index contributed by atoms with van der Waals surface area (Å²) in [5.41, 5.74) is 0.855. The lowest BCUT2D eigenvalue weighted by atomic mass is 9.97. The first-order valence-electron chi connectivity index (χ1n) is 5.19. The van der Waals surface area contributed by atoms with E-state index in [4.69, 9.17) is 4.42 Å². The molecule has 1 aromatic heterocycles. The van der Waals surface area contributed by atoms with Crippen LogP contribution in [0.5, 0.6) is 0 Å². The molecule has 1 aromatic carbocycles. The number of halogens is 1. The summed E-state index contributed by atoms with van der Waals surface area (Å²) in [4.78, 5) is 4.31. The molecule has 0 N–H and O–H groups in total. The lowest BCUT2D eigenvalue weighted by Crippen LogP contribution is -2.11. The van der Waals surface area contributed by atoms with Gasteiger partial charge in [-0.15, -0.1) is 0 Å². The fourth-order valence-corrected chi connectivity index (χ4v) is 1.41. The Hall–Kier alpha value is -1.64. The Morgan fingerprint density at radius 2 is 1.88 bits per heavy atom. The Balaban J connectivity index is 2.44. The van der Waals surface area contributed by atoms with E-state index in [1.807, 2.05) is 20.8 Å². The molecule has 2 nitrogen and oxygen atoms in total. The first-order valence-corrected chi connectivity index (χ1v) is 5.19. The highest BCUT2D eigenvalue weighted by Crippen LogP contribution is 2.27. The van der Waals surface area contributed by atoms with Crippen LogP contribution in [0.15, 0.2) is 34.9 Å². The Bertz CT molecular complexity index is 497. The number of hydrogen-bond acceptors (Lipinski definition) is 2. The maximum atomic E-state index is 13.5. The van der Waals surface area contributed by atoms with Gasteiger partial charge in [-0.05, 0) is 12.1 Å². The van der Waals surface area contributed by atoms with E-state index in [0.717, 1.165) is 0 Å². The van der Waals surface area contributed by atoms with Crippen LogP contribution >= 0.6 is 0 Å². The molecule has 0 bridgehead atoms. The number of aromatic nitrogens is 1. The molecule has 1 heterocycles. The van der Waals surface area contributed by atoms with Gasteiger partial charge in [0.15, 0.2) is 5.89 Å². The van der Waals surface area contributed by atoms with Crippen molar-refractivity contribution >= 4 is 0 Å². The van der Waals surface area contributed by atoms with Gasteiger partial charge in [0.05, 0.1) is 0 Å². The second kappa shape index (κ2) is 3.74. The van der Waals surface area contributed by atoms with Crippen molar-refractivity contribution in [2.24, 2.45) is 0 Å². The van der Waals surface area contributed by atoms with E-state index in [0.29, 0.717) is 17.1 Å². The smallest absolute Gasteiger partial charge is 0.199 e. The molecule has 0 saturated heterocycles. The van der Waals surface area contributed by atoms with E-state index in [1.165, 1.54) is 12.3 Å². The van der Waals surface area contributed by atoms with Crippen molar-refractivity contribution in [1.82, 2.24) is 4.98 Å². The summed E-state index contributed by atoms with van der Waals surface area (Å²) in [6.07, 6.45) is 1.50. The van der Waals surface area contributed by atoms with Gasteiger partial charge >= 0.3 is 0 Å². The van der Waals surface area contributed by atoms with Gasteiger partial charge in [0, 0.05) is 11.0 Å². The van der Waals surface area contributed by atoms with Crippen molar-refractivity contribution in [3.8, 4) is 11.3 Å². The van der Waals surface area contributed by atoms with E-state index in [9.17, 15) is 4.39 Å². The van der Waals surface area contributed by atoms with E-state index in [-0.39, 0.29) is 11.2 Å². The second-order valence-electron chi connectivity index (χ2n) is 4.77. The summed E-state index contributed by atoms with van der Waals surface area (Å²) in [5.74, 6) is 0.335. The SMILES string of the molecule is CC(C)(C)c1nc(-c2ccccc2F)co1. The maximum absolute atomic E-state index is 13.5. The summed E-state index contributed by atoms with van der Waals surface area (Å²) < 4.78 is 18.9. The quantitative estimate of drug-likeness (QED) is 0.729. The number of benzene rings is 1. The lowest BCUT2D eigenvalue weighted by molar-refractivity contribution is 0.392. The Morgan fingerprint density at radius 1 is 1.19 bits per heavy atom. The monoisotopic (exact) mass is 219 g/mol. The first-order chi connectivity index (χ1) is 7.48. The average molecular weight is 219 g/mol. The van der Waals surface area contributed by atoms with Gasteiger partial charge in [-0.3, -0.25) is 0 Å². The van der Waals surface area contributed by atoms with Crippen LogP contribution < -0.4 is 0 Å². The van der Waals surface area contributed by atoms with E-state index >= 15 is 0 Å². The summed E-state index contributed by atoms with van der Waals surface area (Å²) in [6.45, 7) is 6.01. The minimum Gasteiger partial charge on any atom is -0.448 e. The molecule has 0 amide bonds. The molecule has 0 spiro atoms. The molecule has 0 atom stereocenters. The Labute approximate surface area is 94.1 Å². The van der Waals surface area contributed by atoms with Gasteiger partial charge in [0.25, 0.3) is 0 Å². The lowest BCUT2D eigenvalue weighted by Gasteiger charge is -2.11. The number of nitrogens with zero attached hydrogens (tertiary/aromatic N) is 1. The van der Waals surface area contributed by atoms with Crippen molar-refractivity contribution < 1.29 is 8.81 Å². The topological polar surface area (TPSA) is 26.0 Å². The Morgan fingerprint density at radius 3 is 2.44 bits per heavy atom. The van der Waals surface area contributed by atoms with Crippen LogP contribution in [0.2, 0.25) is 0 Å². The molecule has 0 saturated carbocycles. The minimum absolute atomic E-state index is 0.163. The van der Waals surface area contributed by atoms with E-state index in [2.05, 4.69) is 4.98 Å². The molecular formula is C13H14FNO. The largest absolute Gasteiger partial charge is 0.448 e. The molecule has 0 aliphatic rings. The summed E-state index contributed by atoms with van der Waals surface area (Å²) in [6, 6.07) is 6.55. The van der Waals surface area contributed by atoms with Crippen LogP contribution in [0.4, 0.5) is 4.39 Å². The molecule has 2 rings (SSSR count). The normalized spacial score (nSPS) is 11.8. The highest BCUT2D eigenvalue weighted by Gasteiger charge is 2.21. The van der Waals surface area contributed by atoms with Crippen molar-refractivity contribution in [3.05, 3.63) is 42.2 Å². The van der Waals surface area contributed by atoms with Crippen LogP contribution in [0, 0.1) is 5.82 Å². The van der Waals surface area contributed by atoms with Gasteiger partial charge in [0.2, 0.25) is 0 Å². The van der Waals surface area contributed by atoms with Gasteiger partial charge in [-0.2, -0.15) is 0 Å². The highest BCUT2D eigenvalue weighted by atomic mass is 19.1. The van der Waals surface area contributed by atoms with Crippen LogP contribution in [-0.4, -0.2) is 4.98 Å². The number of oxazole rings is 1. The van der Waals surface area contributed by atoms with Crippen molar-refractivity contribution in [3.63, 3.8) is 0 Å². The van der Waals surface area contributed by atoms with Gasteiger partial charge < -0.3 is 4.42 Å². The van der Waals surface area contributed by atoms with Crippen LogP contribution in [-0.2, 0) is 5.41 Å². The van der Waals surface area contributed by atoms with Crippen LogP contribution in [0.3, 0.4) is 0 Å². The molecular weight excluding hydrogens is 205 g/mol. The zero-order valence-electron chi connectivity index (χ0n) is 9.62. The van der Waals surface area contributed by atoms with E-state index < -0.39 is 0 Å². The molecule has 0 unspecified atom stereocenters. The predicted octanol–water partition coefficient (Wildman–Crippen LogP) is 3.78. The molecule has 84 valence electrons. The first kappa shape index (κ1) is 10.9. The zero-order valence-corrected chi connectivity index (χ0v) is 9.62.